The van der Waals surface area contributed by atoms with Gasteiger partial charge in [0.05, 0.1) is 15.2 Å². The van der Waals surface area contributed by atoms with Gasteiger partial charge in [-0.2, -0.15) is 10.9 Å². The number of aromatic hydroxyl groups is 1. The molecule has 5 nitrogen and oxygen atoms in total. The fraction of sp³-hybridized carbons (Fsp3) is 0. The molecule has 0 spiro atoms. The Morgan fingerprint density at radius 1 is 1.30 bits per heavy atom. The smallest absolute Gasteiger partial charge is 0.282 e. The predicted molar refractivity (Wildman–Crippen MR) is 81.4 cm³/mol. The van der Waals surface area contributed by atoms with Crippen LogP contribution in [0.2, 0.25) is 0 Å². The van der Waals surface area contributed by atoms with Crippen molar-refractivity contribution in [1.82, 2.24) is 4.98 Å². The number of nitro benzene ring substituents is 1. The van der Waals surface area contributed by atoms with Gasteiger partial charge in [-0.15, -0.1) is 11.3 Å². The van der Waals surface area contributed by atoms with Gasteiger partial charge in [-0.3, -0.25) is 10.1 Å². The van der Waals surface area contributed by atoms with Crippen molar-refractivity contribution in [3.8, 4) is 16.5 Å². The summed E-state index contributed by atoms with van der Waals surface area (Å²) < 4.78 is 0. The van der Waals surface area contributed by atoms with Crippen molar-refractivity contribution in [2.45, 2.75) is 4.90 Å². The Bertz CT molecular complexity index is 725. The minimum Gasteiger partial charge on any atom is -0.493 e. The molecule has 0 saturated heterocycles. The summed E-state index contributed by atoms with van der Waals surface area (Å²) in [6.45, 7) is 0. The quantitative estimate of drug-likeness (QED) is 0.513. The molecule has 2 aromatic rings. The molecule has 0 saturated carbocycles. The van der Waals surface area contributed by atoms with Crippen LogP contribution in [0.3, 0.4) is 0 Å². The van der Waals surface area contributed by atoms with E-state index in [1.54, 1.807) is 6.07 Å². The second-order valence-electron chi connectivity index (χ2n) is 4.06. The van der Waals surface area contributed by atoms with E-state index in [1.165, 1.54) is 22.8 Å². The first-order valence-corrected chi connectivity index (χ1v) is 8.08. The number of hydrogen-bond acceptors (Lipinski definition) is 5. The van der Waals surface area contributed by atoms with Gasteiger partial charge in [-0.25, -0.2) is 4.98 Å². The first kappa shape index (κ1) is 12.9. The molecule has 1 N–H and O–H groups in total. The molecule has 2 heterocycles. The van der Waals surface area contributed by atoms with E-state index >= 15 is 0 Å². The number of aromatic nitrogens is 1. The molecule has 1 aromatic heterocycles. The van der Waals surface area contributed by atoms with Gasteiger partial charge < -0.3 is 5.11 Å². The van der Waals surface area contributed by atoms with Crippen molar-refractivity contribution in [1.29, 1.82) is 0 Å². The van der Waals surface area contributed by atoms with Gasteiger partial charge in [-0.05, 0) is 16.9 Å². The van der Waals surface area contributed by atoms with Crippen LogP contribution in [0.25, 0.3) is 10.6 Å². The van der Waals surface area contributed by atoms with Crippen LogP contribution in [0.15, 0.2) is 51.4 Å². The van der Waals surface area contributed by atoms with E-state index in [1.807, 2.05) is 29.0 Å². The Kier molecular flexibility index (Phi) is 3.29. The number of rotatable bonds is 3. The predicted octanol–water partition coefficient (Wildman–Crippen LogP) is 3.83. The molecule has 1 aliphatic heterocycles. The Labute approximate surface area is 121 Å². The molecular formula is C13H10N2O3S2. The lowest BCUT2D eigenvalue weighted by atomic mass is 10.2. The Morgan fingerprint density at radius 2 is 2.05 bits per heavy atom. The number of allylic oxidation sites excluding steroid dienone is 2. The lowest BCUT2D eigenvalue weighted by Gasteiger charge is -2.11. The zero-order chi connectivity index (χ0) is 14.1. The Balaban J connectivity index is 2.08. The normalized spacial score (nSPS) is 14.9. The molecule has 3 rings (SSSR count). The van der Waals surface area contributed by atoms with Crippen molar-refractivity contribution < 1.29 is 10.0 Å². The molecule has 7 heteroatoms. The third-order valence-electron chi connectivity index (χ3n) is 2.79. The summed E-state index contributed by atoms with van der Waals surface area (Å²) in [4.78, 5) is 15.6. The number of nitro groups is 1. The molecule has 0 unspecified atom stereocenters. The lowest BCUT2D eigenvalue weighted by molar-refractivity contribution is -0.387. The average Bonchev–Trinajstić information content (AvgIpc) is 3.09. The molecule has 1 aliphatic rings. The van der Waals surface area contributed by atoms with E-state index in [0.29, 0.717) is 10.6 Å². The lowest BCUT2D eigenvalue weighted by Crippen LogP contribution is -1.93. The molecule has 0 amide bonds. The minimum atomic E-state index is -0.739. The summed E-state index contributed by atoms with van der Waals surface area (Å²) in [5.41, 5.74) is 0.743. The van der Waals surface area contributed by atoms with Crippen LogP contribution in [-0.4, -0.2) is 15.0 Å². The summed E-state index contributed by atoms with van der Waals surface area (Å²) >= 11 is 1.25. The van der Waals surface area contributed by atoms with Crippen LogP contribution in [0, 0.1) is 10.1 Å². The Hall–Kier alpha value is -2.12. The third-order valence-corrected chi connectivity index (χ3v) is 5.59. The molecule has 0 atom stereocenters. The first-order chi connectivity index (χ1) is 9.65. The zero-order valence-corrected chi connectivity index (χ0v) is 11.8. The molecule has 0 aliphatic carbocycles. The van der Waals surface area contributed by atoms with Crippen molar-refractivity contribution in [3.05, 3.63) is 56.7 Å². The summed E-state index contributed by atoms with van der Waals surface area (Å²) in [5.74, 6) is -0.0669. The van der Waals surface area contributed by atoms with Crippen LogP contribution in [-0.2, 0) is 0 Å². The number of nitrogens with zero attached hydrogens (tertiary/aromatic N) is 2. The summed E-state index contributed by atoms with van der Waals surface area (Å²) in [6, 6.07) is 5.11. The van der Waals surface area contributed by atoms with Crippen LogP contribution >= 0.6 is 22.2 Å². The van der Waals surface area contributed by atoms with E-state index in [-0.39, 0.29) is 16.5 Å². The molecule has 0 radical (unpaired) electrons. The monoisotopic (exact) mass is 306 g/mol. The van der Waals surface area contributed by atoms with Gasteiger partial charge in [-0.1, -0.05) is 18.2 Å². The van der Waals surface area contributed by atoms with Gasteiger partial charge in [0.25, 0.3) is 5.69 Å². The average molecular weight is 306 g/mol. The van der Waals surface area contributed by atoms with Crippen LogP contribution in [0.1, 0.15) is 0 Å². The number of thiazole rings is 1. The molecule has 1 aromatic carbocycles. The summed E-state index contributed by atoms with van der Waals surface area (Å²) in [5, 5.41) is 26.6. The highest BCUT2D eigenvalue weighted by atomic mass is 32.2. The fourth-order valence-electron chi connectivity index (χ4n) is 1.91. The zero-order valence-electron chi connectivity index (χ0n) is 10.1. The maximum absolute atomic E-state index is 11.3. The van der Waals surface area contributed by atoms with Gasteiger partial charge in [0.1, 0.15) is 5.01 Å². The second kappa shape index (κ2) is 5.10. The van der Waals surface area contributed by atoms with Gasteiger partial charge in [0.2, 0.25) is 5.88 Å². The summed E-state index contributed by atoms with van der Waals surface area (Å²) in [6.07, 6.45) is 3.81. The van der Waals surface area contributed by atoms with E-state index in [9.17, 15) is 15.2 Å². The van der Waals surface area contributed by atoms with E-state index in [4.69, 9.17) is 0 Å². The highest BCUT2D eigenvalue weighted by Gasteiger charge is 2.19. The molecular weight excluding hydrogens is 296 g/mol. The van der Waals surface area contributed by atoms with Crippen molar-refractivity contribution >= 4 is 27.9 Å². The molecule has 20 heavy (non-hydrogen) atoms. The van der Waals surface area contributed by atoms with E-state index in [0.717, 1.165) is 4.90 Å². The first-order valence-electron chi connectivity index (χ1n) is 5.72. The number of hydrogen-bond donors (Lipinski definition) is 2. The van der Waals surface area contributed by atoms with Crippen molar-refractivity contribution in [2.24, 2.45) is 0 Å². The van der Waals surface area contributed by atoms with Crippen LogP contribution < -0.4 is 0 Å². The van der Waals surface area contributed by atoms with Crippen molar-refractivity contribution in [2.75, 3.05) is 0 Å². The third kappa shape index (κ3) is 2.33. The number of thiol groups is 1. The highest BCUT2D eigenvalue weighted by molar-refractivity contribution is 8.22. The van der Waals surface area contributed by atoms with Crippen molar-refractivity contribution in [3.63, 3.8) is 0 Å². The second-order valence-corrected chi connectivity index (χ2v) is 6.81. The molecule has 0 bridgehead atoms. The number of benzene rings is 1. The van der Waals surface area contributed by atoms with Gasteiger partial charge in [0, 0.05) is 11.6 Å². The molecule has 102 valence electrons. The maximum atomic E-state index is 11.3. The highest BCUT2D eigenvalue weighted by Crippen LogP contribution is 2.47. The Morgan fingerprint density at radius 3 is 2.65 bits per heavy atom. The molecule has 0 fully saturated rings. The SMILES string of the molecule is O=[N+]([O-])c1cc(-c2nc(O)cs2)ccc1[SH]1C=CC=C1. The van der Waals surface area contributed by atoms with Gasteiger partial charge >= 0.3 is 0 Å². The minimum absolute atomic E-state index is 0.0669. The van der Waals surface area contributed by atoms with Crippen LogP contribution in [0.4, 0.5) is 5.69 Å². The maximum Gasteiger partial charge on any atom is 0.282 e. The van der Waals surface area contributed by atoms with Gasteiger partial charge in [0.15, 0.2) is 0 Å². The standard InChI is InChI=1S/C13H10N2O3S2/c16-12-8-19-13(14-12)9-3-4-11(10(7-9)15(17)18)20-5-1-2-6-20/h1-8,16,20H. The van der Waals surface area contributed by atoms with E-state index in [2.05, 4.69) is 4.98 Å². The summed E-state index contributed by atoms with van der Waals surface area (Å²) in [7, 11) is -0.739. The largest absolute Gasteiger partial charge is 0.493 e. The van der Waals surface area contributed by atoms with Crippen LogP contribution in [0.5, 0.6) is 5.88 Å². The van der Waals surface area contributed by atoms with E-state index < -0.39 is 10.9 Å². The topological polar surface area (TPSA) is 76.3 Å². The fourth-order valence-corrected chi connectivity index (χ4v) is 4.24.